The minimum atomic E-state index is 0.871. The first-order valence-electron chi connectivity index (χ1n) is 8.46. The molecule has 2 heterocycles. The number of ether oxygens (including phenoxy) is 1. The number of hydrogen-bond acceptors (Lipinski definition) is 3. The average molecular weight is 321 g/mol. The van der Waals surface area contributed by atoms with E-state index in [9.17, 15) is 0 Å². The third-order valence-corrected chi connectivity index (χ3v) is 5.36. The van der Waals surface area contributed by atoms with E-state index in [2.05, 4.69) is 37.5 Å². The molecule has 1 aromatic carbocycles. The molecule has 2 aromatic heterocycles. The van der Waals surface area contributed by atoms with Crippen LogP contribution in [-0.2, 0) is 12.8 Å². The molecular formula is C20H23N3O. The molecule has 0 saturated heterocycles. The molecule has 24 heavy (non-hydrogen) atoms. The third kappa shape index (κ3) is 1.95. The van der Waals surface area contributed by atoms with E-state index >= 15 is 0 Å². The molecule has 0 radical (unpaired) electrons. The standard InChI is InChI=1S/C20H23N3O/c1-11-10-14(24-4)8-9-17(11)23-13(3)12(2)18-19(21)15-6-5-7-16(15)22-20(18)23/h8-10H,5-7H2,1-4H3,(H2,21,22). The lowest BCUT2D eigenvalue weighted by atomic mass is 10.1. The third-order valence-electron chi connectivity index (χ3n) is 5.36. The monoisotopic (exact) mass is 321 g/mol. The number of nitrogens with two attached hydrogens (primary N) is 1. The summed E-state index contributed by atoms with van der Waals surface area (Å²) >= 11 is 0. The maximum Gasteiger partial charge on any atom is 0.147 e. The van der Waals surface area contributed by atoms with E-state index in [0.29, 0.717) is 0 Å². The predicted octanol–water partition coefficient (Wildman–Crippen LogP) is 4.03. The highest BCUT2D eigenvalue weighted by atomic mass is 16.5. The largest absolute Gasteiger partial charge is 0.497 e. The fourth-order valence-electron chi connectivity index (χ4n) is 3.94. The molecule has 2 N–H and O–H groups in total. The second-order valence-corrected chi connectivity index (χ2v) is 6.70. The smallest absolute Gasteiger partial charge is 0.147 e. The first-order valence-corrected chi connectivity index (χ1v) is 8.46. The average Bonchev–Trinajstić information content (AvgIpc) is 3.13. The van der Waals surface area contributed by atoms with E-state index in [1.807, 2.05) is 6.07 Å². The molecule has 0 atom stereocenters. The van der Waals surface area contributed by atoms with Gasteiger partial charge < -0.3 is 10.5 Å². The molecule has 0 fully saturated rings. The molecule has 4 heteroatoms. The summed E-state index contributed by atoms with van der Waals surface area (Å²) < 4.78 is 7.59. The molecule has 3 aromatic rings. The zero-order chi connectivity index (χ0) is 17.0. The van der Waals surface area contributed by atoms with E-state index in [1.165, 1.54) is 22.5 Å². The topological polar surface area (TPSA) is 53.1 Å². The predicted molar refractivity (Wildman–Crippen MR) is 98.3 cm³/mol. The van der Waals surface area contributed by atoms with Crippen LogP contribution < -0.4 is 10.5 Å². The molecule has 0 spiro atoms. The van der Waals surface area contributed by atoms with Gasteiger partial charge in [0.2, 0.25) is 0 Å². The fraction of sp³-hybridized carbons (Fsp3) is 0.350. The van der Waals surface area contributed by atoms with Crippen molar-refractivity contribution in [1.29, 1.82) is 0 Å². The second-order valence-electron chi connectivity index (χ2n) is 6.70. The fourth-order valence-corrected chi connectivity index (χ4v) is 3.94. The van der Waals surface area contributed by atoms with Gasteiger partial charge >= 0.3 is 0 Å². The first kappa shape index (κ1) is 15.1. The van der Waals surface area contributed by atoms with E-state index in [1.54, 1.807) is 7.11 Å². The van der Waals surface area contributed by atoms with Crippen molar-refractivity contribution in [2.24, 2.45) is 0 Å². The second kappa shape index (κ2) is 5.26. The highest BCUT2D eigenvalue weighted by Gasteiger charge is 2.24. The number of nitrogens with zero attached hydrogens (tertiary/aromatic N) is 2. The van der Waals surface area contributed by atoms with Crippen molar-refractivity contribution in [2.45, 2.75) is 40.0 Å². The number of benzene rings is 1. The summed E-state index contributed by atoms with van der Waals surface area (Å²) in [7, 11) is 1.69. The lowest BCUT2D eigenvalue weighted by Gasteiger charge is -2.13. The van der Waals surface area contributed by atoms with Crippen molar-refractivity contribution in [3.05, 3.63) is 46.3 Å². The number of aryl methyl sites for hydroxylation is 3. The van der Waals surface area contributed by atoms with Crippen LogP contribution in [0.3, 0.4) is 0 Å². The van der Waals surface area contributed by atoms with Gasteiger partial charge in [-0.3, -0.25) is 4.57 Å². The molecule has 4 rings (SSSR count). The first-order chi connectivity index (χ1) is 11.5. The molecule has 0 unspecified atom stereocenters. The van der Waals surface area contributed by atoms with Crippen molar-refractivity contribution in [3.63, 3.8) is 0 Å². The van der Waals surface area contributed by atoms with Crippen molar-refractivity contribution in [3.8, 4) is 11.4 Å². The lowest BCUT2D eigenvalue weighted by molar-refractivity contribution is 0.414. The van der Waals surface area contributed by atoms with Crippen LogP contribution in [0.25, 0.3) is 16.7 Å². The summed E-state index contributed by atoms with van der Waals surface area (Å²) in [4.78, 5) is 5.01. The van der Waals surface area contributed by atoms with Gasteiger partial charge in [-0.15, -0.1) is 0 Å². The number of anilines is 1. The van der Waals surface area contributed by atoms with Gasteiger partial charge in [-0.25, -0.2) is 4.98 Å². The van der Waals surface area contributed by atoms with Crippen LogP contribution in [0, 0.1) is 20.8 Å². The summed E-state index contributed by atoms with van der Waals surface area (Å²) in [6.45, 7) is 6.40. The van der Waals surface area contributed by atoms with Crippen molar-refractivity contribution >= 4 is 16.7 Å². The van der Waals surface area contributed by atoms with Gasteiger partial charge in [-0.1, -0.05) is 0 Å². The summed E-state index contributed by atoms with van der Waals surface area (Å²) in [5, 5.41) is 1.11. The van der Waals surface area contributed by atoms with Crippen LogP contribution in [0.1, 0.15) is 34.5 Å². The maximum absolute atomic E-state index is 6.54. The molecule has 0 bridgehead atoms. The Kier molecular flexibility index (Phi) is 3.30. The van der Waals surface area contributed by atoms with Gasteiger partial charge in [0, 0.05) is 22.5 Å². The minimum absolute atomic E-state index is 0.871. The summed E-state index contributed by atoms with van der Waals surface area (Å²) in [6, 6.07) is 6.16. The zero-order valence-electron chi connectivity index (χ0n) is 14.7. The zero-order valence-corrected chi connectivity index (χ0v) is 14.7. The molecule has 124 valence electrons. The van der Waals surface area contributed by atoms with Gasteiger partial charge in [0.1, 0.15) is 11.4 Å². The molecule has 1 aliphatic carbocycles. The van der Waals surface area contributed by atoms with Crippen molar-refractivity contribution in [2.75, 3.05) is 12.8 Å². The number of aromatic nitrogens is 2. The van der Waals surface area contributed by atoms with Crippen molar-refractivity contribution < 1.29 is 4.74 Å². The van der Waals surface area contributed by atoms with E-state index in [-0.39, 0.29) is 0 Å². The maximum atomic E-state index is 6.54. The molecule has 0 aliphatic heterocycles. The number of rotatable bonds is 2. The van der Waals surface area contributed by atoms with Crippen LogP contribution in [-0.4, -0.2) is 16.7 Å². The normalized spacial score (nSPS) is 13.5. The number of fused-ring (bicyclic) bond motifs is 2. The van der Waals surface area contributed by atoms with Crippen LogP contribution in [0.15, 0.2) is 18.2 Å². The van der Waals surface area contributed by atoms with E-state index in [0.717, 1.165) is 53.0 Å². The van der Waals surface area contributed by atoms with E-state index < -0.39 is 0 Å². The lowest BCUT2D eigenvalue weighted by Crippen LogP contribution is -2.03. The Balaban J connectivity index is 2.06. The van der Waals surface area contributed by atoms with Gasteiger partial charge in [0.15, 0.2) is 0 Å². The summed E-state index contributed by atoms with van der Waals surface area (Å²) in [5.74, 6) is 0.871. The Morgan fingerprint density at radius 2 is 1.96 bits per heavy atom. The van der Waals surface area contributed by atoms with E-state index in [4.69, 9.17) is 15.5 Å². The quantitative estimate of drug-likeness (QED) is 0.775. The van der Waals surface area contributed by atoms with Gasteiger partial charge in [0.25, 0.3) is 0 Å². The van der Waals surface area contributed by atoms with Gasteiger partial charge in [-0.05, 0) is 74.9 Å². The van der Waals surface area contributed by atoms with Crippen molar-refractivity contribution in [1.82, 2.24) is 9.55 Å². The Labute approximate surface area is 142 Å². The Morgan fingerprint density at radius 1 is 1.17 bits per heavy atom. The van der Waals surface area contributed by atoms with Gasteiger partial charge in [-0.2, -0.15) is 0 Å². The van der Waals surface area contributed by atoms with Crippen LogP contribution in [0.5, 0.6) is 5.75 Å². The van der Waals surface area contributed by atoms with Crippen LogP contribution in [0.4, 0.5) is 5.69 Å². The molecule has 1 aliphatic rings. The molecular weight excluding hydrogens is 298 g/mol. The number of hydrogen-bond donors (Lipinski definition) is 1. The Morgan fingerprint density at radius 3 is 2.67 bits per heavy atom. The summed E-state index contributed by atoms with van der Waals surface area (Å²) in [6.07, 6.45) is 3.23. The molecule has 0 amide bonds. The van der Waals surface area contributed by atoms with Crippen LogP contribution in [0.2, 0.25) is 0 Å². The van der Waals surface area contributed by atoms with Crippen LogP contribution >= 0.6 is 0 Å². The highest BCUT2D eigenvalue weighted by Crippen LogP contribution is 2.38. The number of pyridine rings is 1. The minimum Gasteiger partial charge on any atom is -0.497 e. The summed E-state index contributed by atoms with van der Waals surface area (Å²) in [5.41, 5.74) is 15.6. The van der Waals surface area contributed by atoms with Gasteiger partial charge in [0.05, 0.1) is 12.8 Å². The SMILES string of the molecule is COc1ccc(-n2c(C)c(C)c3c(N)c4c(nc32)CCC4)c(C)c1. The molecule has 4 nitrogen and oxygen atoms in total. The Bertz CT molecular complexity index is 969. The highest BCUT2D eigenvalue weighted by molar-refractivity contribution is 5.96. The number of methoxy groups -OCH3 is 1. The Hall–Kier alpha value is -2.49. The number of nitrogen functional groups attached to an aromatic ring is 1. The molecule has 0 saturated carbocycles.